The number of carbonyl (C=O) groups excluding carboxylic acids is 1. The fourth-order valence-electron chi connectivity index (χ4n) is 3.13. The van der Waals surface area contributed by atoms with Crippen LogP contribution in [-0.2, 0) is 11.2 Å². The van der Waals surface area contributed by atoms with Crippen molar-refractivity contribution in [1.82, 2.24) is 9.80 Å². The molecule has 0 aromatic heterocycles. The molecule has 1 aliphatic rings. The zero-order chi connectivity index (χ0) is 15.9. The van der Waals surface area contributed by atoms with Gasteiger partial charge in [0.15, 0.2) is 0 Å². The van der Waals surface area contributed by atoms with E-state index >= 15 is 0 Å². The molecule has 2 rings (SSSR count). The molecule has 0 radical (unpaired) electrons. The predicted molar refractivity (Wildman–Crippen MR) is 89.2 cm³/mol. The predicted octanol–water partition coefficient (Wildman–Crippen LogP) is 2.57. The van der Waals surface area contributed by atoms with Crippen molar-refractivity contribution in [1.29, 1.82) is 0 Å². The van der Waals surface area contributed by atoms with Gasteiger partial charge in [-0.15, -0.1) is 0 Å². The zero-order valence-corrected chi connectivity index (χ0v) is 14.0. The highest BCUT2D eigenvalue weighted by molar-refractivity contribution is 5.77. The summed E-state index contributed by atoms with van der Waals surface area (Å²) in [5.74, 6) is 1.15. The van der Waals surface area contributed by atoms with E-state index in [1.165, 1.54) is 12.0 Å². The summed E-state index contributed by atoms with van der Waals surface area (Å²) in [5, 5.41) is 0. The van der Waals surface area contributed by atoms with Crippen LogP contribution in [0, 0.1) is 0 Å². The number of likely N-dealkylation sites (tertiary alicyclic amines) is 1. The van der Waals surface area contributed by atoms with E-state index < -0.39 is 0 Å². The molecule has 1 aromatic rings. The molecule has 0 N–H and O–H groups in total. The number of hydrogen-bond donors (Lipinski definition) is 0. The summed E-state index contributed by atoms with van der Waals surface area (Å²) in [6.45, 7) is 1.88. The van der Waals surface area contributed by atoms with Gasteiger partial charge in [-0.1, -0.05) is 12.1 Å². The van der Waals surface area contributed by atoms with Crippen molar-refractivity contribution in [3.05, 3.63) is 29.8 Å². The Balaban J connectivity index is 1.88. The number of methoxy groups -OCH3 is 1. The van der Waals surface area contributed by atoms with Gasteiger partial charge in [-0.25, -0.2) is 0 Å². The average Bonchev–Trinajstić information content (AvgIpc) is 2.53. The van der Waals surface area contributed by atoms with Gasteiger partial charge in [0.2, 0.25) is 5.91 Å². The van der Waals surface area contributed by atoms with Crippen LogP contribution in [0.15, 0.2) is 24.3 Å². The van der Waals surface area contributed by atoms with Gasteiger partial charge in [0.1, 0.15) is 5.75 Å². The summed E-state index contributed by atoms with van der Waals surface area (Å²) >= 11 is 0. The number of piperidine rings is 1. The van der Waals surface area contributed by atoms with E-state index in [-0.39, 0.29) is 0 Å². The lowest BCUT2D eigenvalue weighted by atomic mass is 10.0. The van der Waals surface area contributed by atoms with Gasteiger partial charge in [0.05, 0.1) is 7.11 Å². The molecular weight excluding hydrogens is 276 g/mol. The van der Waals surface area contributed by atoms with Crippen LogP contribution in [0.2, 0.25) is 0 Å². The minimum atomic E-state index is 0.294. The number of ether oxygens (including phenoxy) is 1. The Morgan fingerprint density at radius 3 is 2.64 bits per heavy atom. The lowest BCUT2D eigenvalue weighted by molar-refractivity contribution is -0.135. The normalized spacial score (nSPS) is 18.5. The molecule has 0 unspecified atom stereocenters. The molecule has 1 heterocycles. The van der Waals surface area contributed by atoms with Crippen LogP contribution in [0.1, 0.15) is 31.2 Å². The standard InChI is InChI=1S/C18H28N2O2/c1-19(2)14-16-6-4-5-13-20(16)18(21)12-9-15-7-10-17(22-3)11-8-15/h7-8,10-11,16H,4-6,9,12-14H2,1-3H3/t16-/m1/s1. The van der Waals surface area contributed by atoms with E-state index in [0.717, 1.165) is 38.1 Å². The summed E-state index contributed by atoms with van der Waals surface area (Å²) in [7, 11) is 5.82. The number of carbonyl (C=O) groups is 1. The van der Waals surface area contributed by atoms with E-state index in [1.807, 2.05) is 24.3 Å². The molecule has 1 saturated heterocycles. The number of amides is 1. The molecule has 0 bridgehead atoms. The van der Waals surface area contributed by atoms with Crippen molar-refractivity contribution >= 4 is 5.91 Å². The first kappa shape index (κ1) is 16.8. The van der Waals surface area contributed by atoms with E-state index in [2.05, 4.69) is 23.9 Å². The van der Waals surface area contributed by atoms with Crippen LogP contribution in [0.3, 0.4) is 0 Å². The van der Waals surface area contributed by atoms with Crippen molar-refractivity contribution in [2.45, 2.75) is 38.1 Å². The maximum absolute atomic E-state index is 12.6. The van der Waals surface area contributed by atoms with Crippen molar-refractivity contribution < 1.29 is 9.53 Å². The van der Waals surface area contributed by atoms with E-state index in [0.29, 0.717) is 18.4 Å². The lowest BCUT2D eigenvalue weighted by Crippen LogP contribution is -2.48. The second-order valence-corrected chi connectivity index (χ2v) is 6.35. The Bertz CT molecular complexity index is 470. The van der Waals surface area contributed by atoms with Crippen LogP contribution >= 0.6 is 0 Å². The van der Waals surface area contributed by atoms with Gasteiger partial charge in [-0.05, 0) is 57.5 Å². The maximum Gasteiger partial charge on any atom is 0.223 e. The molecule has 1 amide bonds. The maximum atomic E-state index is 12.6. The van der Waals surface area contributed by atoms with Crippen molar-refractivity contribution in [2.75, 3.05) is 34.3 Å². The molecule has 22 heavy (non-hydrogen) atoms. The molecule has 0 aliphatic carbocycles. The third-order valence-corrected chi connectivity index (χ3v) is 4.31. The molecule has 0 saturated carbocycles. The molecule has 1 aromatic carbocycles. The average molecular weight is 304 g/mol. The summed E-state index contributed by atoms with van der Waals surface area (Å²) < 4.78 is 5.16. The number of hydrogen-bond acceptors (Lipinski definition) is 3. The summed E-state index contributed by atoms with van der Waals surface area (Å²) in [6.07, 6.45) is 4.90. The largest absolute Gasteiger partial charge is 0.497 e. The molecule has 1 atom stereocenters. The van der Waals surface area contributed by atoms with E-state index in [9.17, 15) is 4.79 Å². The highest BCUT2D eigenvalue weighted by atomic mass is 16.5. The van der Waals surface area contributed by atoms with Gasteiger partial charge in [0.25, 0.3) is 0 Å². The number of nitrogens with zero attached hydrogens (tertiary/aromatic N) is 2. The van der Waals surface area contributed by atoms with Gasteiger partial charge in [-0.2, -0.15) is 0 Å². The van der Waals surface area contributed by atoms with Gasteiger partial charge in [-0.3, -0.25) is 4.79 Å². The third kappa shape index (κ3) is 4.73. The van der Waals surface area contributed by atoms with Crippen LogP contribution in [0.4, 0.5) is 0 Å². The smallest absolute Gasteiger partial charge is 0.223 e. The molecule has 122 valence electrons. The first-order chi connectivity index (χ1) is 10.6. The number of likely N-dealkylation sites (N-methyl/N-ethyl adjacent to an activating group) is 1. The molecule has 0 spiro atoms. The lowest BCUT2D eigenvalue weighted by Gasteiger charge is -2.37. The summed E-state index contributed by atoms with van der Waals surface area (Å²) in [6, 6.07) is 8.37. The Morgan fingerprint density at radius 1 is 1.27 bits per heavy atom. The highest BCUT2D eigenvalue weighted by Gasteiger charge is 2.26. The van der Waals surface area contributed by atoms with Crippen LogP contribution in [0.25, 0.3) is 0 Å². The molecule has 1 aliphatic heterocycles. The van der Waals surface area contributed by atoms with Crippen LogP contribution in [0.5, 0.6) is 5.75 Å². The SMILES string of the molecule is COc1ccc(CCC(=O)N2CCCC[C@@H]2CN(C)C)cc1. The Hall–Kier alpha value is -1.55. The van der Waals surface area contributed by atoms with Crippen LogP contribution in [-0.4, -0.2) is 56.0 Å². The number of benzene rings is 1. The first-order valence-corrected chi connectivity index (χ1v) is 8.17. The Kier molecular flexibility index (Phi) is 6.25. The highest BCUT2D eigenvalue weighted by Crippen LogP contribution is 2.19. The van der Waals surface area contributed by atoms with Gasteiger partial charge < -0.3 is 14.5 Å². The number of rotatable bonds is 6. The van der Waals surface area contributed by atoms with E-state index in [1.54, 1.807) is 7.11 Å². The second-order valence-electron chi connectivity index (χ2n) is 6.35. The minimum absolute atomic E-state index is 0.294. The fraction of sp³-hybridized carbons (Fsp3) is 0.611. The molecule has 4 nitrogen and oxygen atoms in total. The fourth-order valence-corrected chi connectivity index (χ4v) is 3.13. The Labute approximate surface area is 134 Å². The summed E-state index contributed by atoms with van der Waals surface area (Å²) in [4.78, 5) is 16.9. The zero-order valence-electron chi connectivity index (χ0n) is 14.0. The van der Waals surface area contributed by atoms with Crippen molar-refractivity contribution in [2.24, 2.45) is 0 Å². The summed E-state index contributed by atoms with van der Waals surface area (Å²) in [5.41, 5.74) is 1.19. The third-order valence-electron chi connectivity index (χ3n) is 4.31. The number of aryl methyl sites for hydroxylation is 1. The van der Waals surface area contributed by atoms with Crippen molar-refractivity contribution in [3.8, 4) is 5.75 Å². The topological polar surface area (TPSA) is 32.8 Å². The monoisotopic (exact) mass is 304 g/mol. The second kappa shape index (κ2) is 8.18. The molecule has 4 heteroatoms. The minimum Gasteiger partial charge on any atom is -0.497 e. The van der Waals surface area contributed by atoms with Crippen molar-refractivity contribution in [3.63, 3.8) is 0 Å². The van der Waals surface area contributed by atoms with Crippen LogP contribution < -0.4 is 4.74 Å². The molecular formula is C18H28N2O2. The molecule has 1 fully saturated rings. The van der Waals surface area contributed by atoms with Gasteiger partial charge >= 0.3 is 0 Å². The quantitative estimate of drug-likeness (QED) is 0.810. The van der Waals surface area contributed by atoms with E-state index in [4.69, 9.17) is 4.74 Å². The first-order valence-electron chi connectivity index (χ1n) is 8.17. The Morgan fingerprint density at radius 2 is 2.00 bits per heavy atom. The van der Waals surface area contributed by atoms with Gasteiger partial charge in [0, 0.05) is 25.6 Å².